The average Bonchev–Trinajstić information content (AvgIpc) is 3.15. The zero-order valence-electron chi connectivity index (χ0n) is 15.7. The van der Waals surface area contributed by atoms with E-state index in [1.54, 1.807) is 4.90 Å². The Balaban J connectivity index is 1.72. The summed E-state index contributed by atoms with van der Waals surface area (Å²) in [5, 5.41) is 8.97. The predicted octanol–water partition coefficient (Wildman–Crippen LogP) is 3.43. The molecule has 8 nitrogen and oxygen atoms in total. The molecule has 2 aliphatic rings. The second-order valence-electron chi connectivity index (χ2n) is 6.44. The number of benzene rings is 2. The van der Waals surface area contributed by atoms with Crippen LogP contribution in [0.25, 0.3) is 11.3 Å². The molecule has 9 heteroatoms. The molecule has 0 fully saturated rings. The Morgan fingerprint density at radius 1 is 1.14 bits per heavy atom. The van der Waals surface area contributed by atoms with Gasteiger partial charge in [-0.2, -0.15) is 4.98 Å². The van der Waals surface area contributed by atoms with Gasteiger partial charge in [0.2, 0.25) is 30.0 Å². The second kappa shape index (κ2) is 6.93. The zero-order chi connectivity index (χ0) is 20.0. The van der Waals surface area contributed by atoms with E-state index in [0.717, 1.165) is 11.1 Å². The molecule has 1 amide bonds. The molecule has 1 atom stereocenters. The Morgan fingerprint density at radius 3 is 2.79 bits per heavy atom. The summed E-state index contributed by atoms with van der Waals surface area (Å²) in [6, 6.07) is 13.0. The summed E-state index contributed by atoms with van der Waals surface area (Å²) in [6.07, 6.45) is 1.11. The van der Waals surface area contributed by atoms with E-state index in [0.29, 0.717) is 33.9 Å². The number of anilines is 1. The van der Waals surface area contributed by atoms with Crippen molar-refractivity contribution in [2.45, 2.75) is 18.3 Å². The number of hydrogen-bond donors (Lipinski definition) is 0. The fourth-order valence-corrected chi connectivity index (χ4v) is 3.72. The minimum Gasteiger partial charge on any atom is -0.454 e. The molecule has 146 valence electrons. The van der Waals surface area contributed by atoms with Crippen molar-refractivity contribution in [2.75, 3.05) is 17.9 Å². The molecule has 2 aliphatic heterocycles. The number of rotatable bonds is 2. The van der Waals surface area contributed by atoms with Crippen LogP contribution in [0.5, 0.6) is 17.4 Å². The van der Waals surface area contributed by atoms with E-state index in [9.17, 15) is 4.79 Å². The van der Waals surface area contributed by atoms with Gasteiger partial charge in [-0.15, -0.1) is 10.2 Å². The Kier molecular flexibility index (Phi) is 4.24. The molecule has 3 aromatic rings. The monoisotopic (exact) mass is 408 g/mol. The second-order valence-corrected chi connectivity index (χ2v) is 7.21. The SMILES string of the molecule is CSc1nnc2c(n1)O[C@@H](c1ccc3c(c1)OCO3)N(C(C)=O)c1ccccc1-2. The first-order valence-corrected chi connectivity index (χ1v) is 10.1. The maximum atomic E-state index is 12.7. The van der Waals surface area contributed by atoms with Crippen LogP contribution in [0.3, 0.4) is 0 Å². The van der Waals surface area contributed by atoms with Crippen LogP contribution in [0.2, 0.25) is 0 Å². The summed E-state index contributed by atoms with van der Waals surface area (Å²) in [4.78, 5) is 18.8. The van der Waals surface area contributed by atoms with Gasteiger partial charge in [0.1, 0.15) is 0 Å². The highest BCUT2D eigenvalue weighted by Gasteiger charge is 2.35. The lowest BCUT2D eigenvalue weighted by Gasteiger charge is -2.29. The molecule has 0 radical (unpaired) electrons. The molecule has 0 saturated carbocycles. The van der Waals surface area contributed by atoms with Crippen molar-refractivity contribution in [3.8, 4) is 28.6 Å². The van der Waals surface area contributed by atoms with Crippen molar-refractivity contribution in [3.05, 3.63) is 48.0 Å². The van der Waals surface area contributed by atoms with Gasteiger partial charge in [-0.3, -0.25) is 9.69 Å². The smallest absolute Gasteiger partial charge is 0.247 e. The van der Waals surface area contributed by atoms with Gasteiger partial charge in [-0.25, -0.2) is 0 Å². The molecule has 0 unspecified atom stereocenters. The first kappa shape index (κ1) is 17.7. The normalized spacial score (nSPS) is 16.5. The number of aromatic nitrogens is 3. The number of nitrogens with zero attached hydrogens (tertiary/aromatic N) is 4. The van der Waals surface area contributed by atoms with Gasteiger partial charge in [-0.05, 0) is 30.5 Å². The summed E-state index contributed by atoms with van der Waals surface area (Å²) >= 11 is 1.37. The Bertz CT molecular complexity index is 1120. The van der Waals surface area contributed by atoms with Gasteiger partial charge in [-0.1, -0.05) is 30.0 Å². The van der Waals surface area contributed by atoms with Crippen LogP contribution in [0.15, 0.2) is 47.6 Å². The van der Waals surface area contributed by atoms with E-state index < -0.39 is 6.23 Å². The maximum Gasteiger partial charge on any atom is 0.247 e. The fraction of sp³-hybridized carbons (Fsp3) is 0.200. The van der Waals surface area contributed by atoms with Gasteiger partial charge in [0, 0.05) is 18.1 Å². The Labute approximate surface area is 170 Å². The van der Waals surface area contributed by atoms with E-state index in [1.165, 1.54) is 18.7 Å². The molecule has 0 aliphatic carbocycles. The number of carbonyl (C=O) groups is 1. The first-order valence-electron chi connectivity index (χ1n) is 8.90. The minimum atomic E-state index is -0.754. The average molecular weight is 408 g/mol. The highest BCUT2D eigenvalue weighted by atomic mass is 32.2. The molecular formula is C20H16N4O4S. The van der Waals surface area contributed by atoms with Crippen LogP contribution >= 0.6 is 11.8 Å². The number of fused-ring (bicyclic) bond motifs is 4. The summed E-state index contributed by atoms with van der Waals surface area (Å²) in [5.41, 5.74) is 2.63. The largest absolute Gasteiger partial charge is 0.454 e. The lowest BCUT2D eigenvalue weighted by atomic mass is 10.1. The van der Waals surface area contributed by atoms with Gasteiger partial charge in [0.15, 0.2) is 17.2 Å². The van der Waals surface area contributed by atoms with Gasteiger partial charge in [0.05, 0.1) is 5.69 Å². The van der Waals surface area contributed by atoms with Gasteiger partial charge >= 0.3 is 0 Å². The number of para-hydroxylation sites is 1. The molecule has 5 rings (SSSR count). The molecule has 0 N–H and O–H groups in total. The molecule has 0 bridgehead atoms. The van der Waals surface area contributed by atoms with Crippen molar-refractivity contribution in [2.24, 2.45) is 0 Å². The predicted molar refractivity (Wildman–Crippen MR) is 106 cm³/mol. The van der Waals surface area contributed by atoms with Crippen molar-refractivity contribution < 1.29 is 19.0 Å². The number of ether oxygens (including phenoxy) is 3. The van der Waals surface area contributed by atoms with Crippen LogP contribution < -0.4 is 19.1 Å². The third-order valence-electron chi connectivity index (χ3n) is 4.72. The molecule has 0 saturated heterocycles. The highest BCUT2D eigenvalue weighted by molar-refractivity contribution is 7.98. The summed E-state index contributed by atoms with van der Waals surface area (Å²) in [5.74, 6) is 1.42. The molecule has 29 heavy (non-hydrogen) atoms. The highest BCUT2D eigenvalue weighted by Crippen LogP contribution is 2.44. The van der Waals surface area contributed by atoms with Gasteiger partial charge in [0.25, 0.3) is 0 Å². The van der Waals surface area contributed by atoms with Crippen molar-refractivity contribution in [1.29, 1.82) is 0 Å². The Morgan fingerprint density at radius 2 is 1.97 bits per heavy atom. The summed E-state index contributed by atoms with van der Waals surface area (Å²) < 4.78 is 17.2. The zero-order valence-corrected chi connectivity index (χ0v) is 16.5. The standard InChI is InChI=1S/C20H16N4O4S/c1-11(25)24-14-6-4-3-5-13(14)17-18(21-20(29-2)23-22-17)28-19(24)12-7-8-15-16(9-12)27-10-26-15/h3-9,19H,10H2,1-2H3/t19-/m0/s1. The van der Waals surface area contributed by atoms with Crippen LogP contribution in [-0.4, -0.2) is 34.1 Å². The Hall–Kier alpha value is -3.33. The third kappa shape index (κ3) is 2.94. The topological polar surface area (TPSA) is 86.7 Å². The molecule has 2 aromatic carbocycles. The van der Waals surface area contributed by atoms with E-state index in [1.807, 2.05) is 48.7 Å². The van der Waals surface area contributed by atoms with Crippen LogP contribution in [-0.2, 0) is 4.79 Å². The summed E-state index contributed by atoms with van der Waals surface area (Å²) in [7, 11) is 0. The van der Waals surface area contributed by atoms with Crippen LogP contribution in [0.1, 0.15) is 18.7 Å². The lowest BCUT2D eigenvalue weighted by Crippen LogP contribution is -2.36. The number of amides is 1. The molecule has 3 heterocycles. The van der Waals surface area contributed by atoms with E-state index in [4.69, 9.17) is 14.2 Å². The van der Waals surface area contributed by atoms with E-state index in [2.05, 4.69) is 15.2 Å². The first-order chi connectivity index (χ1) is 14.2. The lowest BCUT2D eigenvalue weighted by molar-refractivity contribution is -0.118. The number of carbonyl (C=O) groups excluding carboxylic acids is 1. The maximum absolute atomic E-state index is 12.7. The number of hydrogen-bond acceptors (Lipinski definition) is 8. The van der Waals surface area contributed by atoms with E-state index >= 15 is 0 Å². The van der Waals surface area contributed by atoms with Crippen LogP contribution in [0, 0.1) is 0 Å². The molecule has 0 spiro atoms. The summed E-state index contributed by atoms with van der Waals surface area (Å²) in [6.45, 7) is 1.67. The van der Waals surface area contributed by atoms with E-state index in [-0.39, 0.29) is 12.7 Å². The third-order valence-corrected chi connectivity index (χ3v) is 5.25. The minimum absolute atomic E-state index is 0.167. The fourth-order valence-electron chi connectivity index (χ4n) is 3.42. The number of thioether (sulfide) groups is 1. The molecular weight excluding hydrogens is 392 g/mol. The van der Waals surface area contributed by atoms with Crippen molar-refractivity contribution in [1.82, 2.24) is 15.2 Å². The van der Waals surface area contributed by atoms with Crippen molar-refractivity contribution in [3.63, 3.8) is 0 Å². The molecule has 1 aromatic heterocycles. The van der Waals surface area contributed by atoms with Crippen LogP contribution in [0.4, 0.5) is 5.69 Å². The van der Waals surface area contributed by atoms with Gasteiger partial charge < -0.3 is 14.2 Å². The van der Waals surface area contributed by atoms with Crippen molar-refractivity contribution >= 4 is 23.4 Å². The quantitative estimate of drug-likeness (QED) is 0.596.